The molecule has 0 saturated carbocycles. The van der Waals surface area contributed by atoms with Gasteiger partial charge in [-0.15, -0.1) is 0 Å². The van der Waals surface area contributed by atoms with E-state index >= 15 is 0 Å². The molecule has 106 valence electrons. The number of aromatic nitrogens is 2. The highest BCUT2D eigenvalue weighted by atomic mass is 16.5. The fraction of sp³-hybridized carbons (Fsp3) is 0.786. The number of hydrogen-bond donors (Lipinski definition) is 1. The zero-order valence-electron chi connectivity index (χ0n) is 11.6. The smallest absolute Gasteiger partial charge is 0.0964 e. The molecular formula is C14H23N3O2. The Balaban J connectivity index is 1.57. The minimum atomic E-state index is -0.279. The summed E-state index contributed by atoms with van der Waals surface area (Å²) in [5, 5.41) is 14.6. The van der Waals surface area contributed by atoms with E-state index in [9.17, 15) is 5.11 Å². The van der Waals surface area contributed by atoms with Crippen molar-refractivity contribution >= 4 is 0 Å². The van der Waals surface area contributed by atoms with Gasteiger partial charge in [-0.3, -0.25) is 9.58 Å². The summed E-state index contributed by atoms with van der Waals surface area (Å²) in [5.74, 6) is 0. The van der Waals surface area contributed by atoms with Crippen molar-refractivity contribution in [2.75, 3.05) is 19.7 Å². The Kier molecular flexibility index (Phi) is 3.60. The first-order valence-electron chi connectivity index (χ1n) is 7.21. The average Bonchev–Trinajstić information content (AvgIpc) is 2.81. The highest BCUT2D eigenvalue weighted by molar-refractivity contribution is 5.01. The normalized spacial score (nSPS) is 27.8. The van der Waals surface area contributed by atoms with Crippen LogP contribution in [0.2, 0.25) is 0 Å². The molecule has 19 heavy (non-hydrogen) atoms. The highest BCUT2D eigenvalue weighted by Crippen LogP contribution is 2.35. The van der Waals surface area contributed by atoms with E-state index in [1.165, 1.54) is 0 Å². The molecule has 0 amide bonds. The quantitative estimate of drug-likeness (QED) is 0.864. The summed E-state index contributed by atoms with van der Waals surface area (Å²) < 4.78 is 7.77. The van der Waals surface area contributed by atoms with Gasteiger partial charge >= 0.3 is 0 Å². The molecule has 0 aliphatic carbocycles. The molecule has 0 radical (unpaired) electrons. The Morgan fingerprint density at radius 1 is 1.47 bits per heavy atom. The second-order valence-corrected chi connectivity index (χ2v) is 5.83. The van der Waals surface area contributed by atoms with Crippen LogP contribution in [0.15, 0.2) is 12.3 Å². The predicted molar refractivity (Wildman–Crippen MR) is 71.6 cm³/mol. The van der Waals surface area contributed by atoms with Crippen molar-refractivity contribution in [3.8, 4) is 0 Å². The predicted octanol–water partition coefficient (Wildman–Crippen LogP) is 0.926. The van der Waals surface area contributed by atoms with Gasteiger partial charge in [-0.1, -0.05) is 0 Å². The summed E-state index contributed by atoms with van der Waals surface area (Å²) in [7, 11) is 1.95. The molecule has 3 heterocycles. The summed E-state index contributed by atoms with van der Waals surface area (Å²) in [6, 6.07) is 2.07. The van der Waals surface area contributed by atoms with Crippen molar-refractivity contribution in [1.29, 1.82) is 0 Å². The first-order chi connectivity index (χ1) is 9.18. The van der Waals surface area contributed by atoms with Gasteiger partial charge in [-0.25, -0.2) is 0 Å². The topological polar surface area (TPSA) is 50.5 Å². The number of aryl methyl sites for hydroxylation is 1. The third-order valence-electron chi connectivity index (χ3n) is 4.48. The van der Waals surface area contributed by atoms with Crippen LogP contribution in [0.5, 0.6) is 0 Å². The van der Waals surface area contributed by atoms with Crippen molar-refractivity contribution in [2.24, 2.45) is 7.05 Å². The molecule has 1 aromatic heterocycles. The van der Waals surface area contributed by atoms with Crippen LogP contribution in [0.25, 0.3) is 0 Å². The zero-order valence-corrected chi connectivity index (χ0v) is 11.6. The van der Waals surface area contributed by atoms with E-state index < -0.39 is 0 Å². The lowest BCUT2D eigenvalue weighted by Gasteiger charge is -2.46. The number of aliphatic hydroxyl groups is 1. The van der Waals surface area contributed by atoms with Crippen LogP contribution in [-0.2, 0) is 18.3 Å². The van der Waals surface area contributed by atoms with E-state index in [2.05, 4.69) is 16.1 Å². The summed E-state index contributed by atoms with van der Waals surface area (Å²) in [6.07, 6.45) is 5.44. The maximum atomic E-state index is 10.2. The number of hydrogen-bond acceptors (Lipinski definition) is 4. The van der Waals surface area contributed by atoms with E-state index in [0.29, 0.717) is 0 Å². The van der Waals surface area contributed by atoms with Crippen molar-refractivity contribution in [3.05, 3.63) is 18.0 Å². The molecule has 2 aliphatic heterocycles. The molecule has 2 fully saturated rings. The summed E-state index contributed by atoms with van der Waals surface area (Å²) >= 11 is 0. The molecular weight excluding hydrogens is 242 g/mol. The molecule has 0 aromatic carbocycles. The van der Waals surface area contributed by atoms with Crippen LogP contribution in [-0.4, -0.2) is 51.2 Å². The monoisotopic (exact) mass is 265 g/mol. The second-order valence-electron chi connectivity index (χ2n) is 5.83. The lowest BCUT2D eigenvalue weighted by atomic mass is 9.82. The van der Waals surface area contributed by atoms with Gasteiger partial charge in [0.2, 0.25) is 0 Å². The molecule has 1 atom stereocenters. The van der Waals surface area contributed by atoms with Gasteiger partial charge in [0.15, 0.2) is 0 Å². The van der Waals surface area contributed by atoms with Crippen LogP contribution in [0, 0.1) is 0 Å². The fourth-order valence-corrected chi connectivity index (χ4v) is 3.26. The highest BCUT2D eigenvalue weighted by Gasteiger charge is 2.43. The summed E-state index contributed by atoms with van der Waals surface area (Å²) in [4.78, 5) is 2.40. The maximum absolute atomic E-state index is 10.2. The number of nitrogens with zero attached hydrogens (tertiary/aromatic N) is 3. The van der Waals surface area contributed by atoms with Crippen LogP contribution in [0.4, 0.5) is 0 Å². The van der Waals surface area contributed by atoms with Gasteiger partial charge in [0.25, 0.3) is 0 Å². The number of likely N-dealkylation sites (tertiary alicyclic amines) is 1. The van der Waals surface area contributed by atoms with E-state index in [-0.39, 0.29) is 11.7 Å². The van der Waals surface area contributed by atoms with Crippen molar-refractivity contribution < 1.29 is 9.84 Å². The molecule has 3 rings (SSSR count). The molecule has 1 aromatic rings. The molecule has 2 aliphatic rings. The van der Waals surface area contributed by atoms with Crippen molar-refractivity contribution in [2.45, 2.75) is 43.9 Å². The molecule has 1 N–H and O–H groups in total. The second kappa shape index (κ2) is 5.23. The van der Waals surface area contributed by atoms with Crippen LogP contribution in [0.1, 0.15) is 31.4 Å². The largest absolute Gasteiger partial charge is 0.390 e. The van der Waals surface area contributed by atoms with Gasteiger partial charge in [0.1, 0.15) is 0 Å². The molecule has 0 bridgehead atoms. The fourth-order valence-electron chi connectivity index (χ4n) is 3.26. The lowest BCUT2D eigenvalue weighted by molar-refractivity contribution is -0.177. The van der Waals surface area contributed by atoms with E-state index in [1.54, 1.807) is 0 Å². The van der Waals surface area contributed by atoms with E-state index in [4.69, 9.17) is 4.74 Å². The van der Waals surface area contributed by atoms with Crippen molar-refractivity contribution in [3.63, 3.8) is 0 Å². The van der Waals surface area contributed by atoms with E-state index in [1.807, 2.05) is 17.9 Å². The van der Waals surface area contributed by atoms with Crippen LogP contribution >= 0.6 is 0 Å². The SMILES string of the molecule is Cn1ccc(CN2CCC3(CC2)OCCC[C@H]3O)n1. The minimum Gasteiger partial charge on any atom is -0.390 e. The standard InChI is InChI=1S/C14H23N3O2/c1-16-7-4-12(15-16)11-17-8-5-14(6-9-17)13(18)3-2-10-19-14/h4,7,13,18H,2-3,5-6,8-11H2,1H3/t13-/m1/s1. The molecule has 5 nitrogen and oxygen atoms in total. The van der Waals surface area contributed by atoms with Gasteiger partial charge in [-0.05, 0) is 31.7 Å². The number of ether oxygens (including phenoxy) is 1. The average molecular weight is 265 g/mol. The van der Waals surface area contributed by atoms with E-state index in [0.717, 1.165) is 57.6 Å². The third-order valence-corrected chi connectivity index (χ3v) is 4.48. The third kappa shape index (κ3) is 2.68. The van der Waals surface area contributed by atoms with Gasteiger partial charge in [-0.2, -0.15) is 5.10 Å². The Labute approximate surface area is 114 Å². The maximum Gasteiger partial charge on any atom is 0.0964 e. The Morgan fingerprint density at radius 2 is 2.26 bits per heavy atom. The zero-order chi connectivity index (χ0) is 13.3. The Hall–Kier alpha value is -0.910. The summed E-state index contributed by atoms with van der Waals surface area (Å²) in [6.45, 7) is 3.66. The first kappa shape index (κ1) is 13.1. The van der Waals surface area contributed by atoms with Crippen LogP contribution < -0.4 is 0 Å². The first-order valence-corrected chi connectivity index (χ1v) is 7.21. The Morgan fingerprint density at radius 3 is 2.89 bits per heavy atom. The number of piperidine rings is 1. The number of rotatable bonds is 2. The molecule has 5 heteroatoms. The van der Waals surface area contributed by atoms with Crippen LogP contribution in [0.3, 0.4) is 0 Å². The lowest BCUT2D eigenvalue weighted by Crippen LogP contribution is -2.55. The summed E-state index contributed by atoms with van der Waals surface area (Å²) in [5.41, 5.74) is 0.849. The number of aliphatic hydroxyl groups excluding tert-OH is 1. The molecule has 0 unspecified atom stereocenters. The van der Waals surface area contributed by atoms with Gasteiger partial charge in [0, 0.05) is 39.5 Å². The Bertz CT molecular complexity index is 424. The van der Waals surface area contributed by atoms with Gasteiger partial charge in [0.05, 0.1) is 17.4 Å². The molecule has 2 saturated heterocycles. The minimum absolute atomic E-state index is 0.265. The van der Waals surface area contributed by atoms with Gasteiger partial charge < -0.3 is 9.84 Å². The van der Waals surface area contributed by atoms with Crippen molar-refractivity contribution in [1.82, 2.24) is 14.7 Å². The molecule has 1 spiro atoms.